The Morgan fingerprint density at radius 2 is 2.07 bits per heavy atom. The summed E-state index contributed by atoms with van der Waals surface area (Å²) in [6.07, 6.45) is 0. The van der Waals surface area contributed by atoms with Gasteiger partial charge in [-0.15, -0.1) is 0 Å². The van der Waals surface area contributed by atoms with Gasteiger partial charge in [0.1, 0.15) is 11.6 Å². The minimum absolute atomic E-state index is 0.302. The molecule has 0 radical (unpaired) electrons. The maximum Gasteiger partial charge on any atom is 0.141 e. The summed E-state index contributed by atoms with van der Waals surface area (Å²) < 4.78 is 18.7. The van der Waals surface area contributed by atoms with E-state index in [-0.39, 0.29) is 5.82 Å². The highest BCUT2D eigenvalue weighted by atomic mass is 79.9. The minimum Gasteiger partial charge on any atom is -0.496 e. The van der Waals surface area contributed by atoms with Crippen molar-refractivity contribution in [1.82, 2.24) is 4.90 Å². The molecule has 1 aromatic carbocycles. The SMILES string of the molecule is COc1cc(F)c(Br)cc1CN(C)C. The summed E-state index contributed by atoms with van der Waals surface area (Å²) in [4.78, 5) is 2.00. The predicted molar refractivity (Wildman–Crippen MR) is 58.0 cm³/mol. The molecule has 0 heterocycles. The van der Waals surface area contributed by atoms with Crippen molar-refractivity contribution in [3.05, 3.63) is 28.0 Å². The lowest BCUT2D eigenvalue weighted by atomic mass is 10.2. The first kappa shape index (κ1) is 11.5. The molecule has 0 unspecified atom stereocenters. The maximum absolute atomic E-state index is 13.1. The largest absolute Gasteiger partial charge is 0.496 e. The summed E-state index contributed by atoms with van der Waals surface area (Å²) >= 11 is 3.15. The molecule has 0 saturated heterocycles. The number of benzene rings is 1. The molecule has 0 saturated carbocycles. The number of rotatable bonds is 3. The van der Waals surface area contributed by atoms with Crippen LogP contribution in [0.15, 0.2) is 16.6 Å². The van der Waals surface area contributed by atoms with Gasteiger partial charge in [-0.1, -0.05) is 0 Å². The molecule has 0 atom stereocenters. The minimum atomic E-state index is -0.302. The van der Waals surface area contributed by atoms with E-state index in [9.17, 15) is 4.39 Å². The molecule has 1 aromatic rings. The van der Waals surface area contributed by atoms with E-state index in [4.69, 9.17) is 4.74 Å². The lowest BCUT2D eigenvalue weighted by molar-refractivity contribution is 0.369. The Bertz CT molecular complexity index is 328. The van der Waals surface area contributed by atoms with Crippen LogP contribution in [0, 0.1) is 5.82 Å². The fourth-order valence-corrected chi connectivity index (χ4v) is 1.61. The van der Waals surface area contributed by atoms with Crippen LogP contribution in [-0.4, -0.2) is 26.1 Å². The van der Waals surface area contributed by atoms with Crippen LogP contribution in [0.3, 0.4) is 0 Å². The number of halogens is 2. The average molecular weight is 262 g/mol. The molecular weight excluding hydrogens is 249 g/mol. The van der Waals surface area contributed by atoms with E-state index in [2.05, 4.69) is 15.9 Å². The van der Waals surface area contributed by atoms with Crippen LogP contribution in [0.1, 0.15) is 5.56 Å². The summed E-state index contributed by atoms with van der Waals surface area (Å²) in [7, 11) is 5.45. The van der Waals surface area contributed by atoms with Gasteiger partial charge in [-0.05, 0) is 36.1 Å². The molecule has 4 heteroatoms. The highest BCUT2D eigenvalue weighted by Crippen LogP contribution is 2.26. The zero-order valence-electron chi connectivity index (χ0n) is 8.47. The van der Waals surface area contributed by atoms with E-state index in [1.165, 1.54) is 6.07 Å². The molecule has 0 aliphatic carbocycles. The third-order valence-electron chi connectivity index (χ3n) is 1.81. The summed E-state index contributed by atoms with van der Waals surface area (Å²) in [5.41, 5.74) is 0.964. The van der Waals surface area contributed by atoms with E-state index in [1.807, 2.05) is 19.0 Å². The Hall–Kier alpha value is -0.610. The standard InChI is InChI=1S/C10H13BrFNO/c1-13(2)6-7-4-8(11)9(12)5-10(7)14-3/h4-5H,6H2,1-3H3. The lowest BCUT2D eigenvalue weighted by Crippen LogP contribution is -2.11. The van der Waals surface area contributed by atoms with Crippen LogP contribution in [0.2, 0.25) is 0 Å². The second kappa shape index (κ2) is 4.75. The molecule has 1 rings (SSSR count). The second-order valence-corrected chi connectivity index (χ2v) is 4.17. The van der Waals surface area contributed by atoms with E-state index >= 15 is 0 Å². The highest BCUT2D eigenvalue weighted by Gasteiger charge is 2.09. The molecule has 0 aromatic heterocycles. The fraction of sp³-hybridized carbons (Fsp3) is 0.400. The smallest absolute Gasteiger partial charge is 0.141 e. The van der Waals surface area contributed by atoms with Gasteiger partial charge in [0, 0.05) is 18.2 Å². The quantitative estimate of drug-likeness (QED) is 0.830. The van der Waals surface area contributed by atoms with Gasteiger partial charge in [-0.25, -0.2) is 4.39 Å². The van der Waals surface area contributed by atoms with Gasteiger partial charge in [0.2, 0.25) is 0 Å². The van der Waals surface area contributed by atoms with E-state index in [0.29, 0.717) is 10.2 Å². The summed E-state index contributed by atoms with van der Waals surface area (Å²) in [6, 6.07) is 3.14. The van der Waals surface area contributed by atoms with Crippen molar-refractivity contribution in [2.24, 2.45) is 0 Å². The van der Waals surface area contributed by atoms with E-state index in [1.54, 1.807) is 13.2 Å². The average Bonchev–Trinajstić information content (AvgIpc) is 2.10. The molecule has 0 amide bonds. The van der Waals surface area contributed by atoms with Gasteiger partial charge in [0.15, 0.2) is 0 Å². The van der Waals surface area contributed by atoms with Gasteiger partial charge in [-0.2, -0.15) is 0 Å². The number of methoxy groups -OCH3 is 1. The maximum atomic E-state index is 13.1. The monoisotopic (exact) mass is 261 g/mol. The first-order valence-corrected chi connectivity index (χ1v) is 5.00. The Balaban J connectivity index is 3.07. The molecule has 78 valence electrons. The third kappa shape index (κ3) is 2.69. The second-order valence-electron chi connectivity index (χ2n) is 3.32. The zero-order valence-corrected chi connectivity index (χ0v) is 10.1. The topological polar surface area (TPSA) is 12.5 Å². The van der Waals surface area contributed by atoms with Crippen molar-refractivity contribution in [3.63, 3.8) is 0 Å². The predicted octanol–water partition coefficient (Wildman–Crippen LogP) is 2.66. The van der Waals surface area contributed by atoms with Crippen LogP contribution in [0.5, 0.6) is 5.75 Å². The van der Waals surface area contributed by atoms with Gasteiger partial charge >= 0.3 is 0 Å². The Morgan fingerprint density at radius 3 is 2.57 bits per heavy atom. The lowest BCUT2D eigenvalue weighted by Gasteiger charge is -2.14. The summed E-state index contributed by atoms with van der Waals surface area (Å²) in [5.74, 6) is 0.281. The van der Waals surface area contributed by atoms with Crippen molar-refractivity contribution in [3.8, 4) is 5.75 Å². The van der Waals surface area contributed by atoms with Crippen LogP contribution >= 0.6 is 15.9 Å². The molecule has 0 aliphatic heterocycles. The van der Waals surface area contributed by atoms with Crippen molar-refractivity contribution in [2.75, 3.05) is 21.2 Å². The Kier molecular flexibility index (Phi) is 3.89. The normalized spacial score (nSPS) is 10.7. The summed E-state index contributed by atoms with van der Waals surface area (Å²) in [5, 5.41) is 0. The van der Waals surface area contributed by atoms with Gasteiger partial charge in [0.25, 0.3) is 0 Å². The van der Waals surface area contributed by atoms with E-state index in [0.717, 1.165) is 12.1 Å². The number of ether oxygens (including phenoxy) is 1. The molecule has 0 N–H and O–H groups in total. The number of hydrogen-bond donors (Lipinski definition) is 0. The zero-order chi connectivity index (χ0) is 10.7. The molecule has 2 nitrogen and oxygen atoms in total. The van der Waals surface area contributed by atoms with Crippen molar-refractivity contribution < 1.29 is 9.13 Å². The number of nitrogens with zero attached hydrogens (tertiary/aromatic N) is 1. The molecular formula is C10H13BrFNO. The van der Waals surface area contributed by atoms with Gasteiger partial charge in [-0.3, -0.25) is 0 Å². The van der Waals surface area contributed by atoms with Crippen molar-refractivity contribution in [2.45, 2.75) is 6.54 Å². The Labute approximate surface area is 91.8 Å². The molecule has 14 heavy (non-hydrogen) atoms. The van der Waals surface area contributed by atoms with Crippen molar-refractivity contribution in [1.29, 1.82) is 0 Å². The first-order chi connectivity index (χ1) is 6.54. The molecule has 0 aliphatic rings. The highest BCUT2D eigenvalue weighted by molar-refractivity contribution is 9.10. The molecule has 0 spiro atoms. The van der Waals surface area contributed by atoms with Crippen LogP contribution in [0.25, 0.3) is 0 Å². The van der Waals surface area contributed by atoms with Crippen LogP contribution < -0.4 is 4.74 Å². The van der Waals surface area contributed by atoms with E-state index < -0.39 is 0 Å². The fourth-order valence-electron chi connectivity index (χ4n) is 1.22. The third-order valence-corrected chi connectivity index (χ3v) is 2.42. The van der Waals surface area contributed by atoms with Crippen molar-refractivity contribution >= 4 is 15.9 Å². The molecule has 0 fully saturated rings. The van der Waals surface area contributed by atoms with Gasteiger partial charge in [0.05, 0.1) is 11.6 Å². The molecule has 0 bridgehead atoms. The number of hydrogen-bond acceptors (Lipinski definition) is 2. The Morgan fingerprint density at radius 1 is 1.43 bits per heavy atom. The first-order valence-electron chi connectivity index (χ1n) is 4.21. The van der Waals surface area contributed by atoms with Crippen LogP contribution in [0.4, 0.5) is 4.39 Å². The summed E-state index contributed by atoms with van der Waals surface area (Å²) in [6.45, 7) is 0.724. The van der Waals surface area contributed by atoms with Gasteiger partial charge < -0.3 is 9.64 Å². The van der Waals surface area contributed by atoms with Crippen LogP contribution in [-0.2, 0) is 6.54 Å².